The van der Waals surface area contributed by atoms with Gasteiger partial charge in [0.05, 0.1) is 12.7 Å². The van der Waals surface area contributed by atoms with Gasteiger partial charge >= 0.3 is 0 Å². The summed E-state index contributed by atoms with van der Waals surface area (Å²) in [5.41, 5.74) is 2.42. The second-order valence-corrected chi connectivity index (χ2v) is 4.12. The van der Waals surface area contributed by atoms with Crippen LogP contribution in [0.25, 0.3) is 0 Å². The first-order valence-corrected chi connectivity index (χ1v) is 6.95. The first-order valence-electron chi connectivity index (χ1n) is 6.95. The molecule has 0 saturated carbocycles. The molecule has 1 aliphatic heterocycles. The molecule has 3 heteroatoms. The Morgan fingerprint density at radius 3 is 2.50 bits per heavy atom. The van der Waals surface area contributed by atoms with Crippen molar-refractivity contribution < 1.29 is 4.74 Å². The zero-order chi connectivity index (χ0) is 13.4. The molecule has 0 bridgehead atoms. The first kappa shape index (κ1) is 15.0. The summed E-state index contributed by atoms with van der Waals surface area (Å²) in [4.78, 5) is 2.43. The lowest BCUT2D eigenvalue weighted by Crippen LogP contribution is -2.38. The third-order valence-electron chi connectivity index (χ3n) is 3.17. The summed E-state index contributed by atoms with van der Waals surface area (Å²) in [7, 11) is 1.94. The standard InChI is InChI=1S/C13H20N2O.C2H6/c1-3-15-8-9-16-13(10-15)11-4-6-12(14-2)7-5-11;1-2/h4-7,13-14H,3,8-10H2,1-2H3;1-2H3. The zero-order valence-electron chi connectivity index (χ0n) is 12.1. The van der Waals surface area contributed by atoms with Crippen molar-refractivity contribution in [3.63, 3.8) is 0 Å². The molecule has 1 aliphatic rings. The minimum atomic E-state index is 0.236. The van der Waals surface area contributed by atoms with Gasteiger partial charge in [-0.05, 0) is 24.2 Å². The Morgan fingerprint density at radius 1 is 1.28 bits per heavy atom. The highest BCUT2D eigenvalue weighted by Crippen LogP contribution is 2.23. The fourth-order valence-electron chi connectivity index (χ4n) is 2.06. The van der Waals surface area contributed by atoms with Crippen LogP contribution in [-0.4, -0.2) is 38.2 Å². The van der Waals surface area contributed by atoms with Crippen LogP contribution < -0.4 is 5.32 Å². The van der Waals surface area contributed by atoms with Crippen LogP contribution in [0.1, 0.15) is 32.4 Å². The van der Waals surface area contributed by atoms with E-state index in [0.29, 0.717) is 0 Å². The van der Waals surface area contributed by atoms with Crippen molar-refractivity contribution >= 4 is 5.69 Å². The Kier molecular flexibility index (Phi) is 6.76. The van der Waals surface area contributed by atoms with Crippen LogP contribution in [0.2, 0.25) is 0 Å². The molecule has 1 aromatic rings. The van der Waals surface area contributed by atoms with Gasteiger partial charge in [0.2, 0.25) is 0 Å². The van der Waals surface area contributed by atoms with Gasteiger partial charge in [0.25, 0.3) is 0 Å². The van der Waals surface area contributed by atoms with Crippen LogP contribution in [-0.2, 0) is 4.74 Å². The van der Waals surface area contributed by atoms with Crippen molar-refractivity contribution in [2.24, 2.45) is 0 Å². The van der Waals surface area contributed by atoms with Crippen molar-refractivity contribution in [3.05, 3.63) is 29.8 Å². The molecule has 1 heterocycles. The monoisotopic (exact) mass is 250 g/mol. The number of morpholine rings is 1. The molecule has 1 fully saturated rings. The van der Waals surface area contributed by atoms with Crippen LogP contribution in [0.3, 0.4) is 0 Å². The van der Waals surface area contributed by atoms with E-state index in [1.807, 2.05) is 20.9 Å². The molecular weight excluding hydrogens is 224 g/mol. The molecular formula is C15H26N2O. The van der Waals surface area contributed by atoms with Gasteiger partial charge in [-0.3, -0.25) is 4.90 Å². The molecule has 1 saturated heterocycles. The minimum absolute atomic E-state index is 0.236. The molecule has 0 amide bonds. The van der Waals surface area contributed by atoms with Gasteiger partial charge in [0.1, 0.15) is 0 Å². The number of benzene rings is 1. The van der Waals surface area contributed by atoms with Crippen molar-refractivity contribution in [2.75, 3.05) is 38.6 Å². The number of hydrogen-bond donors (Lipinski definition) is 1. The molecule has 1 unspecified atom stereocenters. The second-order valence-electron chi connectivity index (χ2n) is 4.12. The normalized spacial score (nSPS) is 19.9. The topological polar surface area (TPSA) is 24.5 Å². The molecule has 0 radical (unpaired) electrons. The van der Waals surface area contributed by atoms with Crippen LogP contribution >= 0.6 is 0 Å². The van der Waals surface area contributed by atoms with Gasteiger partial charge in [-0.15, -0.1) is 0 Å². The molecule has 3 nitrogen and oxygen atoms in total. The van der Waals surface area contributed by atoms with Gasteiger partial charge in [0, 0.05) is 25.8 Å². The molecule has 1 aromatic carbocycles. The molecule has 1 N–H and O–H groups in total. The molecule has 2 rings (SSSR count). The highest BCUT2D eigenvalue weighted by molar-refractivity contribution is 5.44. The Morgan fingerprint density at radius 2 is 1.94 bits per heavy atom. The molecule has 0 spiro atoms. The smallest absolute Gasteiger partial charge is 0.0952 e. The summed E-state index contributed by atoms with van der Waals surface area (Å²) in [5.74, 6) is 0. The van der Waals surface area contributed by atoms with Crippen molar-refractivity contribution in [1.29, 1.82) is 0 Å². The lowest BCUT2D eigenvalue weighted by Gasteiger charge is -2.32. The average Bonchev–Trinajstić information content (AvgIpc) is 2.49. The molecule has 0 aliphatic carbocycles. The average molecular weight is 250 g/mol. The Bertz CT molecular complexity index is 324. The van der Waals surface area contributed by atoms with Crippen molar-refractivity contribution in [2.45, 2.75) is 26.9 Å². The number of ether oxygens (including phenoxy) is 1. The van der Waals surface area contributed by atoms with E-state index < -0.39 is 0 Å². The number of likely N-dealkylation sites (N-methyl/N-ethyl adjacent to an activating group) is 1. The van der Waals surface area contributed by atoms with E-state index in [1.165, 1.54) is 5.56 Å². The third-order valence-corrected chi connectivity index (χ3v) is 3.17. The predicted octanol–water partition coefficient (Wildman–Crippen LogP) is 3.15. The Hall–Kier alpha value is -1.06. The summed E-state index contributed by atoms with van der Waals surface area (Å²) in [6, 6.07) is 8.50. The van der Waals surface area contributed by atoms with E-state index in [-0.39, 0.29) is 6.10 Å². The molecule has 102 valence electrons. The van der Waals surface area contributed by atoms with Gasteiger partial charge in [-0.25, -0.2) is 0 Å². The van der Waals surface area contributed by atoms with Gasteiger partial charge in [-0.2, -0.15) is 0 Å². The number of nitrogens with one attached hydrogen (secondary N) is 1. The summed E-state index contributed by atoms with van der Waals surface area (Å²) in [6.07, 6.45) is 0.236. The van der Waals surface area contributed by atoms with Crippen LogP contribution in [0.15, 0.2) is 24.3 Å². The maximum absolute atomic E-state index is 5.81. The fraction of sp³-hybridized carbons (Fsp3) is 0.600. The van der Waals surface area contributed by atoms with E-state index in [9.17, 15) is 0 Å². The lowest BCUT2D eigenvalue weighted by atomic mass is 10.1. The predicted molar refractivity (Wildman–Crippen MR) is 78.1 cm³/mol. The number of rotatable bonds is 3. The zero-order valence-corrected chi connectivity index (χ0v) is 12.1. The maximum Gasteiger partial charge on any atom is 0.0952 e. The number of hydrogen-bond acceptors (Lipinski definition) is 3. The summed E-state index contributed by atoms with van der Waals surface area (Å²) in [5, 5.41) is 3.13. The van der Waals surface area contributed by atoms with E-state index >= 15 is 0 Å². The highest BCUT2D eigenvalue weighted by atomic mass is 16.5. The van der Waals surface area contributed by atoms with Crippen molar-refractivity contribution in [1.82, 2.24) is 4.90 Å². The summed E-state index contributed by atoms with van der Waals surface area (Å²) in [6.45, 7) is 10.2. The summed E-state index contributed by atoms with van der Waals surface area (Å²) < 4.78 is 5.81. The highest BCUT2D eigenvalue weighted by Gasteiger charge is 2.20. The van der Waals surface area contributed by atoms with Crippen LogP contribution in [0, 0.1) is 0 Å². The third kappa shape index (κ3) is 4.00. The Labute approximate surface area is 111 Å². The van der Waals surface area contributed by atoms with Crippen molar-refractivity contribution in [3.8, 4) is 0 Å². The largest absolute Gasteiger partial charge is 0.388 e. The summed E-state index contributed by atoms with van der Waals surface area (Å²) >= 11 is 0. The van der Waals surface area contributed by atoms with E-state index in [1.54, 1.807) is 0 Å². The lowest BCUT2D eigenvalue weighted by molar-refractivity contribution is -0.0281. The number of nitrogens with zero attached hydrogens (tertiary/aromatic N) is 1. The van der Waals surface area contributed by atoms with Crippen LogP contribution in [0.5, 0.6) is 0 Å². The van der Waals surface area contributed by atoms with Gasteiger partial charge < -0.3 is 10.1 Å². The quantitative estimate of drug-likeness (QED) is 0.892. The SMILES string of the molecule is CC.CCN1CCOC(c2ccc(NC)cc2)C1. The fourth-order valence-corrected chi connectivity index (χ4v) is 2.06. The minimum Gasteiger partial charge on any atom is -0.388 e. The maximum atomic E-state index is 5.81. The Balaban J connectivity index is 0.000000771. The first-order chi connectivity index (χ1) is 8.83. The van der Waals surface area contributed by atoms with Gasteiger partial charge in [-0.1, -0.05) is 32.9 Å². The molecule has 0 aromatic heterocycles. The number of anilines is 1. The second kappa shape index (κ2) is 8.11. The van der Waals surface area contributed by atoms with Gasteiger partial charge in [0.15, 0.2) is 0 Å². The molecule has 1 atom stereocenters. The van der Waals surface area contributed by atoms with Crippen LogP contribution in [0.4, 0.5) is 5.69 Å². The van der Waals surface area contributed by atoms with E-state index in [0.717, 1.165) is 31.9 Å². The van der Waals surface area contributed by atoms with E-state index in [4.69, 9.17) is 4.74 Å². The van der Waals surface area contributed by atoms with E-state index in [2.05, 4.69) is 41.4 Å². The molecule has 18 heavy (non-hydrogen) atoms.